The quantitative estimate of drug-likeness (QED) is 0.730. The van der Waals surface area contributed by atoms with E-state index in [9.17, 15) is 0 Å². The summed E-state index contributed by atoms with van der Waals surface area (Å²) in [4.78, 5) is 5.52. The topological polar surface area (TPSA) is 7.60 Å². The first kappa shape index (κ1) is 13.2. The average molecular weight is 250 g/mol. The van der Waals surface area contributed by atoms with E-state index in [1.165, 1.54) is 16.8 Å². The van der Waals surface area contributed by atoms with Crippen molar-refractivity contribution in [3.63, 3.8) is 0 Å². The van der Waals surface area contributed by atoms with Gasteiger partial charge in [0.2, 0.25) is 0 Å². The van der Waals surface area contributed by atoms with Crippen molar-refractivity contribution < 1.29 is 0 Å². The zero-order valence-electron chi connectivity index (χ0n) is 11.6. The number of anilines is 1. The molecule has 1 unspecified atom stereocenters. The van der Waals surface area contributed by atoms with Crippen molar-refractivity contribution in [3.8, 4) is 0 Å². The second kappa shape index (κ2) is 5.58. The Morgan fingerprint density at radius 1 is 0.895 bits per heavy atom. The summed E-state index contributed by atoms with van der Waals surface area (Å²) in [7, 11) is 4.09. The van der Waals surface area contributed by atoms with Crippen molar-refractivity contribution in [1.82, 2.24) is 0 Å². The van der Waals surface area contributed by atoms with E-state index in [1.807, 2.05) is 38.4 Å². The van der Waals surface area contributed by atoms with Gasteiger partial charge in [-0.15, -0.1) is 0 Å². The highest BCUT2D eigenvalue weighted by Crippen LogP contribution is 2.27. The Kier molecular flexibility index (Phi) is 3.87. The number of hydrogen-bond acceptors (Lipinski definition) is 1. The maximum Gasteiger partial charge on any atom is 0.187 e. The minimum absolute atomic E-state index is 0.344. The van der Waals surface area contributed by atoms with E-state index in [1.54, 1.807) is 0 Å². The van der Waals surface area contributed by atoms with Crippen LogP contribution in [0.5, 0.6) is 0 Å². The predicted molar refractivity (Wildman–Crippen MR) is 81.0 cm³/mol. The van der Waals surface area contributed by atoms with Crippen molar-refractivity contribution >= 4 is 11.4 Å². The molecule has 2 aromatic carbocycles. The molecule has 0 aromatic heterocycles. The van der Waals surface area contributed by atoms with Gasteiger partial charge in [-0.05, 0) is 23.3 Å². The molecule has 0 aliphatic carbocycles. The van der Waals surface area contributed by atoms with Crippen LogP contribution in [0.4, 0.5) is 11.4 Å². The van der Waals surface area contributed by atoms with Crippen LogP contribution in [0.1, 0.15) is 24.0 Å². The molecule has 0 saturated carbocycles. The third-order valence-electron chi connectivity index (χ3n) is 3.43. The van der Waals surface area contributed by atoms with Crippen LogP contribution in [0.15, 0.2) is 48.5 Å². The maximum atomic E-state index is 6.97. The monoisotopic (exact) mass is 250 g/mol. The Balaban J connectivity index is 2.23. The van der Waals surface area contributed by atoms with Crippen LogP contribution in [0.3, 0.4) is 0 Å². The summed E-state index contributed by atoms with van der Waals surface area (Å²) in [6, 6.07) is 16.5. The Bertz CT molecular complexity index is 574. The highest BCUT2D eigenvalue weighted by Gasteiger charge is 2.08. The van der Waals surface area contributed by atoms with Crippen LogP contribution >= 0.6 is 0 Å². The molecule has 0 aliphatic heterocycles. The van der Waals surface area contributed by atoms with E-state index in [0.29, 0.717) is 11.6 Å². The lowest BCUT2D eigenvalue weighted by molar-refractivity contribution is 0.922. The summed E-state index contributed by atoms with van der Waals surface area (Å²) in [5.74, 6) is 0.344. The first-order valence-corrected chi connectivity index (χ1v) is 6.36. The predicted octanol–water partition coefficient (Wildman–Crippen LogP) is 4.46. The maximum absolute atomic E-state index is 6.97. The summed E-state index contributed by atoms with van der Waals surface area (Å²) in [5, 5.41) is 0. The number of benzene rings is 2. The van der Waals surface area contributed by atoms with Gasteiger partial charge in [0.15, 0.2) is 5.69 Å². The van der Waals surface area contributed by atoms with Crippen LogP contribution in [0.25, 0.3) is 4.85 Å². The molecule has 0 fully saturated rings. The van der Waals surface area contributed by atoms with E-state index in [-0.39, 0.29) is 0 Å². The smallest absolute Gasteiger partial charge is 0.187 e. The molecule has 0 spiro atoms. The van der Waals surface area contributed by atoms with Crippen LogP contribution in [0, 0.1) is 6.57 Å². The first-order valence-electron chi connectivity index (χ1n) is 6.36. The average Bonchev–Trinajstić information content (AvgIpc) is 2.46. The van der Waals surface area contributed by atoms with Crippen molar-refractivity contribution in [3.05, 3.63) is 71.1 Å². The zero-order chi connectivity index (χ0) is 13.8. The van der Waals surface area contributed by atoms with E-state index in [2.05, 4.69) is 40.9 Å². The Hall–Kier alpha value is -2.27. The fourth-order valence-corrected chi connectivity index (χ4v) is 2.09. The van der Waals surface area contributed by atoms with Gasteiger partial charge in [0.1, 0.15) is 0 Å². The van der Waals surface area contributed by atoms with Crippen molar-refractivity contribution in [2.75, 3.05) is 19.0 Å². The van der Waals surface area contributed by atoms with Gasteiger partial charge in [-0.3, -0.25) is 0 Å². The summed E-state index contributed by atoms with van der Waals surface area (Å²) in [6.45, 7) is 9.16. The molecule has 0 aliphatic rings. The molecule has 0 N–H and O–H groups in total. The number of nitrogens with zero attached hydrogens (tertiary/aromatic N) is 2. The fourth-order valence-electron chi connectivity index (χ4n) is 2.09. The van der Waals surface area contributed by atoms with Crippen LogP contribution in [0.2, 0.25) is 0 Å². The van der Waals surface area contributed by atoms with E-state index >= 15 is 0 Å². The second-order valence-electron chi connectivity index (χ2n) is 4.91. The molecule has 2 aromatic rings. The van der Waals surface area contributed by atoms with Gasteiger partial charge in [-0.25, -0.2) is 4.85 Å². The number of rotatable bonds is 3. The molecule has 0 heterocycles. The molecule has 2 rings (SSSR count). The molecular weight excluding hydrogens is 232 g/mol. The van der Waals surface area contributed by atoms with Crippen molar-refractivity contribution in [2.24, 2.45) is 0 Å². The molecule has 2 heteroatoms. The van der Waals surface area contributed by atoms with E-state index in [4.69, 9.17) is 6.57 Å². The first-order chi connectivity index (χ1) is 9.11. The molecule has 2 nitrogen and oxygen atoms in total. The third-order valence-corrected chi connectivity index (χ3v) is 3.43. The second-order valence-corrected chi connectivity index (χ2v) is 4.91. The van der Waals surface area contributed by atoms with Crippen molar-refractivity contribution in [1.29, 1.82) is 0 Å². The molecule has 0 bridgehead atoms. The Labute approximate surface area is 115 Å². The Morgan fingerprint density at radius 2 is 1.37 bits per heavy atom. The van der Waals surface area contributed by atoms with Crippen LogP contribution < -0.4 is 4.90 Å². The summed E-state index contributed by atoms with van der Waals surface area (Å²) >= 11 is 0. The molecule has 1 atom stereocenters. The Morgan fingerprint density at radius 3 is 1.79 bits per heavy atom. The van der Waals surface area contributed by atoms with Crippen molar-refractivity contribution in [2.45, 2.75) is 12.8 Å². The van der Waals surface area contributed by atoms with Gasteiger partial charge >= 0.3 is 0 Å². The van der Waals surface area contributed by atoms with Gasteiger partial charge in [-0.1, -0.05) is 43.3 Å². The third kappa shape index (κ3) is 2.95. The van der Waals surface area contributed by atoms with Gasteiger partial charge in [0, 0.05) is 25.7 Å². The lowest BCUT2D eigenvalue weighted by Gasteiger charge is -2.16. The van der Waals surface area contributed by atoms with Gasteiger partial charge in [0.25, 0.3) is 0 Å². The standard InChI is InChI=1S/C17H18N2/c1-13(14-5-9-16(18-2)10-6-14)15-7-11-17(12-8-15)19(3)4/h5-13H,1,3-4H3. The van der Waals surface area contributed by atoms with Gasteiger partial charge < -0.3 is 4.90 Å². The van der Waals surface area contributed by atoms with Crippen LogP contribution in [-0.2, 0) is 0 Å². The minimum atomic E-state index is 0.344. The number of hydrogen-bond donors (Lipinski definition) is 0. The van der Waals surface area contributed by atoms with E-state index < -0.39 is 0 Å². The van der Waals surface area contributed by atoms with E-state index in [0.717, 1.165) is 0 Å². The summed E-state index contributed by atoms with van der Waals surface area (Å²) < 4.78 is 0. The molecule has 0 radical (unpaired) electrons. The van der Waals surface area contributed by atoms with Gasteiger partial charge in [-0.2, -0.15) is 0 Å². The zero-order valence-corrected chi connectivity index (χ0v) is 11.6. The van der Waals surface area contributed by atoms with Gasteiger partial charge in [0.05, 0.1) is 6.57 Å². The molecule has 96 valence electrons. The highest BCUT2D eigenvalue weighted by atomic mass is 15.1. The lowest BCUT2D eigenvalue weighted by atomic mass is 9.93. The SMILES string of the molecule is [C-]#[N+]c1ccc(C(C)c2ccc(N(C)C)cc2)cc1. The highest BCUT2D eigenvalue weighted by molar-refractivity contribution is 5.50. The molecular formula is C17H18N2. The fraction of sp³-hybridized carbons (Fsp3) is 0.235. The minimum Gasteiger partial charge on any atom is -0.378 e. The lowest BCUT2D eigenvalue weighted by Crippen LogP contribution is -2.08. The largest absolute Gasteiger partial charge is 0.378 e. The normalized spacial score (nSPS) is 11.7. The summed E-state index contributed by atoms with van der Waals surface area (Å²) in [5.41, 5.74) is 4.43. The molecule has 0 saturated heterocycles. The summed E-state index contributed by atoms with van der Waals surface area (Å²) in [6.07, 6.45) is 0. The van der Waals surface area contributed by atoms with Crippen LogP contribution in [-0.4, -0.2) is 14.1 Å². The molecule has 19 heavy (non-hydrogen) atoms. The molecule has 0 amide bonds.